The van der Waals surface area contributed by atoms with Crippen molar-refractivity contribution in [3.05, 3.63) is 23.8 Å². The summed E-state index contributed by atoms with van der Waals surface area (Å²) < 4.78 is 10.4. The van der Waals surface area contributed by atoms with E-state index in [2.05, 4.69) is 5.32 Å². The average molecular weight is 296 g/mol. The molecule has 0 fully saturated rings. The van der Waals surface area contributed by atoms with Gasteiger partial charge >= 0.3 is 0 Å². The van der Waals surface area contributed by atoms with E-state index in [1.54, 1.807) is 32.4 Å². The summed E-state index contributed by atoms with van der Waals surface area (Å²) in [7, 11) is 3.14. The molecule has 0 radical (unpaired) electrons. The number of nitrogens with one attached hydrogen (secondary N) is 1. The smallest absolute Gasteiger partial charge is 0.217 e. The van der Waals surface area contributed by atoms with E-state index in [4.69, 9.17) is 15.2 Å². The van der Waals surface area contributed by atoms with E-state index in [-0.39, 0.29) is 5.91 Å². The summed E-state index contributed by atoms with van der Waals surface area (Å²) in [6, 6.07) is 5.31. The fraction of sp³-hybridized carbons (Fsp3) is 0.533. The van der Waals surface area contributed by atoms with Crippen LogP contribution < -0.4 is 20.5 Å². The van der Waals surface area contributed by atoms with Crippen molar-refractivity contribution in [2.45, 2.75) is 25.4 Å². The van der Waals surface area contributed by atoms with Crippen LogP contribution in [0.3, 0.4) is 0 Å². The first-order chi connectivity index (χ1) is 10.1. The number of hydrogen-bond acceptors (Lipinski definition) is 5. The van der Waals surface area contributed by atoms with Crippen LogP contribution in [0.5, 0.6) is 11.5 Å². The highest BCUT2D eigenvalue weighted by molar-refractivity contribution is 5.73. The van der Waals surface area contributed by atoms with Crippen molar-refractivity contribution in [1.29, 1.82) is 0 Å². The predicted octanol–water partition coefficient (Wildman–Crippen LogP) is 0.982. The van der Waals surface area contributed by atoms with Gasteiger partial charge in [-0.1, -0.05) is 0 Å². The Bertz CT molecular complexity index is 451. The van der Waals surface area contributed by atoms with Crippen LogP contribution in [0.25, 0.3) is 0 Å². The molecule has 0 saturated carbocycles. The van der Waals surface area contributed by atoms with Crippen LogP contribution in [-0.2, 0) is 4.79 Å². The molecule has 0 saturated heterocycles. The maximum absolute atomic E-state index is 10.6. The van der Waals surface area contributed by atoms with Crippen molar-refractivity contribution in [1.82, 2.24) is 5.32 Å². The van der Waals surface area contributed by atoms with Gasteiger partial charge in [0, 0.05) is 18.5 Å². The van der Waals surface area contributed by atoms with Gasteiger partial charge in [-0.2, -0.15) is 0 Å². The molecule has 0 aliphatic heterocycles. The summed E-state index contributed by atoms with van der Waals surface area (Å²) in [4.78, 5) is 10.6. The van der Waals surface area contributed by atoms with Crippen LogP contribution >= 0.6 is 0 Å². The van der Waals surface area contributed by atoms with Crippen molar-refractivity contribution in [2.75, 3.05) is 27.3 Å². The zero-order chi connectivity index (χ0) is 15.7. The molecule has 1 amide bonds. The highest BCUT2D eigenvalue weighted by atomic mass is 16.5. The quantitative estimate of drug-likeness (QED) is 0.560. The number of aliphatic hydroxyl groups excluding tert-OH is 1. The third-order valence-electron chi connectivity index (χ3n) is 3.16. The second-order valence-electron chi connectivity index (χ2n) is 4.75. The second-order valence-corrected chi connectivity index (χ2v) is 4.75. The van der Waals surface area contributed by atoms with Crippen LogP contribution in [0.15, 0.2) is 18.2 Å². The Hall–Kier alpha value is -1.79. The van der Waals surface area contributed by atoms with Gasteiger partial charge in [-0.05, 0) is 37.6 Å². The van der Waals surface area contributed by atoms with Gasteiger partial charge in [-0.25, -0.2) is 0 Å². The molecule has 6 heteroatoms. The normalized spacial score (nSPS) is 12.0. The molecular formula is C15H24N2O4. The maximum atomic E-state index is 10.6. The molecule has 1 rings (SSSR count). The Morgan fingerprint density at radius 2 is 2.10 bits per heavy atom. The third-order valence-corrected chi connectivity index (χ3v) is 3.16. The van der Waals surface area contributed by atoms with Gasteiger partial charge in [0.15, 0.2) is 0 Å². The van der Waals surface area contributed by atoms with Crippen LogP contribution in [0.2, 0.25) is 0 Å². The maximum Gasteiger partial charge on any atom is 0.217 e. The number of carbonyl (C=O) groups is 1. The zero-order valence-corrected chi connectivity index (χ0v) is 12.6. The molecule has 4 N–H and O–H groups in total. The highest BCUT2D eigenvalue weighted by Gasteiger charge is 2.14. The summed E-state index contributed by atoms with van der Waals surface area (Å²) in [6.45, 7) is 1.12. The third kappa shape index (κ3) is 6.01. The van der Waals surface area contributed by atoms with Gasteiger partial charge in [0.25, 0.3) is 0 Å². The van der Waals surface area contributed by atoms with Gasteiger partial charge in [0.1, 0.15) is 11.5 Å². The average Bonchev–Trinajstić information content (AvgIpc) is 2.49. The molecule has 1 aromatic rings. The number of amides is 1. The molecule has 0 bridgehead atoms. The summed E-state index contributed by atoms with van der Waals surface area (Å²) in [6.07, 6.45) is 1.30. The van der Waals surface area contributed by atoms with E-state index in [1.165, 1.54) is 0 Å². The Morgan fingerprint density at radius 3 is 2.71 bits per heavy atom. The van der Waals surface area contributed by atoms with Crippen LogP contribution in [0.4, 0.5) is 0 Å². The molecule has 0 aliphatic rings. The summed E-state index contributed by atoms with van der Waals surface area (Å²) in [5.74, 6) is 1.02. The minimum absolute atomic E-state index is 0.281. The first-order valence-corrected chi connectivity index (χ1v) is 6.97. The van der Waals surface area contributed by atoms with Gasteiger partial charge in [-0.15, -0.1) is 0 Å². The van der Waals surface area contributed by atoms with E-state index in [1.807, 2.05) is 0 Å². The number of aliphatic hydroxyl groups is 1. The minimum Gasteiger partial charge on any atom is -0.497 e. The van der Waals surface area contributed by atoms with Gasteiger partial charge < -0.3 is 25.6 Å². The molecule has 1 atom stereocenters. The minimum atomic E-state index is -0.689. The predicted molar refractivity (Wildman–Crippen MR) is 80.4 cm³/mol. The molecule has 21 heavy (non-hydrogen) atoms. The monoisotopic (exact) mass is 296 g/mol. The molecule has 118 valence electrons. The highest BCUT2D eigenvalue weighted by Crippen LogP contribution is 2.28. The number of nitrogens with two attached hydrogens (primary N) is 1. The standard InChI is InChI=1S/C15H24N2O4/c1-20-11-6-7-14(21-2)12(9-11)13(18)10-17-8-4-3-5-15(16)19/h6-7,9,13,17-18H,3-5,8,10H2,1-2H3,(H2,16,19). The van der Waals surface area contributed by atoms with E-state index >= 15 is 0 Å². The van der Waals surface area contributed by atoms with Gasteiger partial charge in [0.05, 0.1) is 20.3 Å². The molecule has 0 aromatic heterocycles. The van der Waals surface area contributed by atoms with Crippen molar-refractivity contribution in [3.63, 3.8) is 0 Å². The Balaban J connectivity index is 2.44. The Kier molecular flexibility index (Phi) is 7.56. The number of primary amides is 1. The molecule has 0 spiro atoms. The summed E-state index contributed by atoms with van der Waals surface area (Å²) >= 11 is 0. The fourth-order valence-corrected chi connectivity index (χ4v) is 2.00. The topological polar surface area (TPSA) is 93.8 Å². The van der Waals surface area contributed by atoms with E-state index < -0.39 is 6.10 Å². The lowest BCUT2D eigenvalue weighted by Crippen LogP contribution is -2.23. The Morgan fingerprint density at radius 1 is 1.33 bits per heavy atom. The molecule has 1 aromatic carbocycles. The lowest BCUT2D eigenvalue weighted by Gasteiger charge is -2.16. The first kappa shape index (κ1) is 17.3. The Labute approximate surface area is 125 Å². The molecule has 6 nitrogen and oxygen atoms in total. The number of benzene rings is 1. The van der Waals surface area contributed by atoms with E-state index in [0.717, 1.165) is 19.4 Å². The van der Waals surface area contributed by atoms with Crippen LogP contribution in [0.1, 0.15) is 30.9 Å². The van der Waals surface area contributed by atoms with Gasteiger partial charge in [0.2, 0.25) is 5.91 Å². The first-order valence-electron chi connectivity index (χ1n) is 6.97. The number of hydrogen-bond donors (Lipinski definition) is 3. The fourth-order valence-electron chi connectivity index (χ4n) is 2.00. The number of unbranched alkanes of at least 4 members (excludes halogenated alkanes) is 1. The van der Waals surface area contributed by atoms with Crippen molar-refractivity contribution in [3.8, 4) is 11.5 Å². The number of rotatable bonds is 10. The number of ether oxygens (including phenoxy) is 2. The summed E-state index contributed by atoms with van der Waals surface area (Å²) in [5, 5.41) is 13.4. The van der Waals surface area contributed by atoms with Crippen molar-refractivity contribution < 1.29 is 19.4 Å². The zero-order valence-electron chi connectivity index (χ0n) is 12.6. The number of carbonyl (C=O) groups excluding carboxylic acids is 1. The van der Waals surface area contributed by atoms with Gasteiger partial charge in [-0.3, -0.25) is 4.79 Å². The number of methoxy groups -OCH3 is 2. The van der Waals surface area contributed by atoms with Crippen molar-refractivity contribution >= 4 is 5.91 Å². The SMILES string of the molecule is COc1ccc(OC)c(C(O)CNCCCCC(N)=O)c1. The summed E-state index contributed by atoms with van der Waals surface area (Å²) in [5.41, 5.74) is 5.75. The second kappa shape index (κ2) is 9.20. The molecular weight excluding hydrogens is 272 g/mol. The van der Waals surface area contributed by atoms with Crippen LogP contribution in [-0.4, -0.2) is 38.3 Å². The van der Waals surface area contributed by atoms with Crippen LogP contribution in [0, 0.1) is 0 Å². The van der Waals surface area contributed by atoms with Crippen molar-refractivity contribution in [2.24, 2.45) is 5.73 Å². The lowest BCUT2D eigenvalue weighted by molar-refractivity contribution is -0.118. The lowest BCUT2D eigenvalue weighted by atomic mass is 10.1. The largest absolute Gasteiger partial charge is 0.497 e. The molecule has 0 aliphatic carbocycles. The molecule has 1 unspecified atom stereocenters. The van der Waals surface area contributed by atoms with E-state index in [9.17, 15) is 9.90 Å². The van der Waals surface area contributed by atoms with E-state index in [0.29, 0.717) is 30.0 Å². The molecule has 0 heterocycles.